The van der Waals surface area contributed by atoms with E-state index in [4.69, 9.17) is 10.3 Å². The average molecular weight is 248 g/mol. The van der Waals surface area contributed by atoms with Crippen molar-refractivity contribution in [3.63, 3.8) is 0 Å². The predicted octanol–water partition coefficient (Wildman–Crippen LogP) is 2.59. The molecule has 17 heavy (non-hydrogen) atoms. The smallest absolute Gasteiger partial charge is 0.186 e. The molecule has 4 nitrogen and oxygen atoms in total. The number of nitrogen functional groups attached to an aromatic ring is 1. The van der Waals surface area contributed by atoms with Crippen molar-refractivity contribution in [1.82, 2.24) is 0 Å². The van der Waals surface area contributed by atoms with Crippen molar-refractivity contribution in [3.05, 3.63) is 48.5 Å². The van der Waals surface area contributed by atoms with E-state index in [1.165, 1.54) is 0 Å². The fourth-order valence-electron chi connectivity index (χ4n) is 1.44. The highest BCUT2D eigenvalue weighted by atomic mass is 32.2. The minimum absolute atomic E-state index is 0.378. The molecule has 0 aliphatic carbocycles. The number of hydrogen-bond acceptors (Lipinski definition) is 3. The van der Waals surface area contributed by atoms with Gasteiger partial charge in [0.15, 0.2) is 11.1 Å². The Bertz CT molecular complexity index is 540. The minimum atomic E-state index is -1.94. The third-order valence-electron chi connectivity index (χ3n) is 2.23. The second-order valence-corrected chi connectivity index (χ2v) is 4.49. The topological polar surface area (TPSA) is 75.3 Å². The van der Waals surface area contributed by atoms with Crippen LogP contribution in [0.15, 0.2) is 53.4 Å². The van der Waals surface area contributed by atoms with Gasteiger partial charge < -0.3 is 15.6 Å². The number of nitrogens with two attached hydrogens (primary N) is 1. The van der Waals surface area contributed by atoms with E-state index < -0.39 is 11.1 Å². The molecule has 2 rings (SSSR count). The number of benzene rings is 2. The molecule has 1 atom stereocenters. The number of anilines is 3. The van der Waals surface area contributed by atoms with Gasteiger partial charge in [-0.3, -0.25) is 0 Å². The van der Waals surface area contributed by atoms with Crippen molar-refractivity contribution < 1.29 is 8.76 Å². The van der Waals surface area contributed by atoms with Crippen LogP contribution in [0.25, 0.3) is 0 Å². The fraction of sp³-hybridized carbons (Fsp3) is 0. The monoisotopic (exact) mass is 248 g/mol. The molecule has 0 aromatic heterocycles. The Morgan fingerprint density at radius 3 is 2.35 bits per heavy atom. The Labute approximate surface area is 102 Å². The van der Waals surface area contributed by atoms with Crippen LogP contribution in [0.4, 0.5) is 17.1 Å². The van der Waals surface area contributed by atoms with Crippen LogP contribution in [-0.2, 0) is 11.1 Å². The van der Waals surface area contributed by atoms with Gasteiger partial charge in [-0.25, -0.2) is 4.21 Å². The molecule has 0 bridgehead atoms. The minimum Gasteiger partial charge on any atom is -0.399 e. The normalized spacial score (nSPS) is 12.1. The zero-order valence-electron chi connectivity index (χ0n) is 8.96. The van der Waals surface area contributed by atoms with Crippen molar-refractivity contribution in [2.45, 2.75) is 4.90 Å². The molecule has 88 valence electrons. The van der Waals surface area contributed by atoms with E-state index in [0.29, 0.717) is 10.6 Å². The molecule has 1 unspecified atom stereocenters. The van der Waals surface area contributed by atoms with Gasteiger partial charge in [-0.1, -0.05) is 6.07 Å². The summed E-state index contributed by atoms with van der Waals surface area (Å²) < 4.78 is 19.7. The summed E-state index contributed by atoms with van der Waals surface area (Å²) in [6.07, 6.45) is 0. The molecule has 0 aliphatic rings. The first kappa shape index (κ1) is 11.6. The quantitative estimate of drug-likeness (QED) is 0.576. The molecule has 0 saturated carbocycles. The first-order chi connectivity index (χ1) is 8.15. The first-order valence-electron chi connectivity index (χ1n) is 4.98. The van der Waals surface area contributed by atoms with Crippen LogP contribution < -0.4 is 11.1 Å². The summed E-state index contributed by atoms with van der Waals surface area (Å²) in [5.74, 6) is 0. The molecule has 0 aliphatic heterocycles. The first-order valence-corrected chi connectivity index (χ1v) is 6.09. The Hall–Kier alpha value is -1.85. The lowest BCUT2D eigenvalue weighted by molar-refractivity contribution is 0.564. The average Bonchev–Trinajstić information content (AvgIpc) is 2.29. The van der Waals surface area contributed by atoms with Crippen LogP contribution in [0.3, 0.4) is 0 Å². The van der Waals surface area contributed by atoms with E-state index in [1.807, 2.05) is 24.3 Å². The maximum absolute atomic E-state index is 10.8. The van der Waals surface area contributed by atoms with E-state index in [2.05, 4.69) is 5.32 Å². The van der Waals surface area contributed by atoms with E-state index in [1.54, 1.807) is 24.3 Å². The van der Waals surface area contributed by atoms with E-state index in [0.717, 1.165) is 11.4 Å². The van der Waals surface area contributed by atoms with Crippen molar-refractivity contribution in [3.8, 4) is 0 Å². The molecule has 0 saturated heterocycles. The Morgan fingerprint density at radius 1 is 1.06 bits per heavy atom. The lowest BCUT2D eigenvalue weighted by Gasteiger charge is -2.07. The lowest BCUT2D eigenvalue weighted by Crippen LogP contribution is -1.93. The van der Waals surface area contributed by atoms with Gasteiger partial charge in [0.05, 0.1) is 4.90 Å². The van der Waals surface area contributed by atoms with Gasteiger partial charge in [-0.2, -0.15) is 0 Å². The Morgan fingerprint density at radius 2 is 1.76 bits per heavy atom. The van der Waals surface area contributed by atoms with Crippen LogP contribution in [-0.4, -0.2) is 8.76 Å². The van der Waals surface area contributed by atoms with Crippen molar-refractivity contribution in [2.24, 2.45) is 0 Å². The van der Waals surface area contributed by atoms with Gasteiger partial charge in [0, 0.05) is 17.1 Å². The summed E-state index contributed by atoms with van der Waals surface area (Å²) in [5, 5.41) is 3.15. The molecule has 0 fully saturated rings. The predicted molar refractivity (Wildman–Crippen MR) is 69.6 cm³/mol. The van der Waals surface area contributed by atoms with Gasteiger partial charge in [-0.05, 0) is 42.5 Å². The summed E-state index contributed by atoms with van der Waals surface area (Å²) in [6, 6.07) is 14.1. The van der Waals surface area contributed by atoms with Gasteiger partial charge in [0.1, 0.15) is 0 Å². The van der Waals surface area contributed by atoms with E-state index in [9.17, 15) is 4.21 Å². The molecule has 0 amide bonds. The van der Waals surface area contributed by atoms with Gasteiger partial charge in [-0.15, -0.1) is 0 Å². The zero-order chi connectivity index (χ0) is 12.3. The largest absolute Gasteiger partial charge is 0.399 e. The van der Waals surface area contributed by atoms with Crippen LogP contribution >= 0.6 is 0 Å². The number of nitrogens with one attached hydrogen (secondary N) is 1. The van der Waals surface area contributed by atoms with Gasteiger partial charge >= 0.3 is 0 Å². The fourth-order valence-corrected chi connectivity index (χ4v) is 1.81. The summed E-state index contributed by atoms with van der Waals surface area (Å²) in [4.78, 5) is 0.378. The highest BCUT2D eigenvalue weighted by Crippen LogP contribution is 2.19. The summed E-state index contributed by atoms with van der Waals surface area (Å²) in [5.41, 5.74) is 8.06. The molecule has 0 spiro atoms. The molecular weight excluding hydrogens is 236 g/mol. The summed E-state index contributed by atoms with van der Waals surface area (Å²) in [7, 11) is 0. The zero-order valence-corrected chi connectivity index (χ0v) is 9.78. The molecule has 2 aromatic rings. The number of hydrogen-bond donors (Lipinski definition) is 3. The van der Waals surface area contributed by atoms with E-state index >= 15 is 0 Å². The van der Waals surface area contributed by atoms with Crippen molar-refractivity contribution >= 4 is 28.1 Å². The summed E-state index contributed by atoms with van der Waals surface area (Å²) in [6.45, 7) is 0. The second-order valence-electron chi connectivity index (χ2n) is 3.52. The van der Waals surface area contributed by atoms with Gasteiger partial charge in [0.2, 0.25) is 0 Å². The third kappa shape index (κ3) is 3.05. The highest BCUT2D eigenvalue weighted by Gasteiger charge is 1.99. The number of rotatable bonds is 3. The Kier molecular flexibility index (Phi) is 3.41. The second kappa shape index (κ2) is 4.99. The summed E-state index contributed by atoms with van der Waals surface area (Å²) >= 11 is -1.94. The molecule has 5 heteroatoms. The maximum Gasteiger partial charge on any atom is 0.186 e. The maximum atomic E-state index is 10.8. The van der Waals surface area contributed by atoms with Crippen LogP contribution in [0.5, 0.6) is 0 Å². The molecule has 2 aromatic carbocycles. The lowest BCUT2D eigenvalue weighted by atomic mass is 10.2. The third-order valence-corrected chi connectivity index (χ3v) is 2.91. The van der Waals surface area contributed by atoms with Crippen LogP contribution in [0.1, 0.15) is 0 Å². The molecule has 0 radical (unpaired) electrons. The van der Waals surface area contributed by atoms with Crippen molar-refractivity contribution in [2.75, 3.05) is 11.1 Å². The molecule has 4 N–H and O–H groups in total. The van der Waals surface area contributed by atoms with E-state index in [-0.39, 0.29) is 0 Å². The standard InChI is InChI=1S/C12H12N2O2S/c13-9-2-1-3-11(8-9)14-10-4-6-12(7-5-10)17(15)16/h1-8,14H,13H2,(H,15,16). The Balaban J connectivity index is 2.16. The van der Waals surface area contributed by atoms with Crippen LogP contribution in [0.2, 0.25) is 0 Å². The van der Waals surface area contributed by atoms with Crippen molar-refractivity contribution in [1.29, 1.82) is 0 Å². The molecule has 0 heterocycles. The molecular formula is C12H12N2O2S. The van der Waals surface area contributed by atoms with Crippen LogP contribution in [0, 0.1) is 0 Å². The SMILES string of the molecule is Nc1cccc(Nc2ccc(S(=O)O)cc2)c1. The highest BCUT2D eigenvalue weighted by molar-refractivity contribution is 7.79. The van der Waals surface area contributed by atoms with Gasteiger partial charge in [0.25, 0.3) is 0 Å².